The average Bonchev–Trinajstić information content (AvgIpc) is 3.52. The minimum absolute atomic E-state index is 0.0824. The van der Waals surface area contributed by atoms with Crippen LogP contribution >= 0.6 is 23.2 Å². The van der Waals surface area contributed by atoms with Gasteiger partial charge in [-0.15, -0.1) is 0 Å². The van der Waals surface area contributed by atoms with Gasteiger partial charge in [0.25, 0.3) is 0 Å². The number of amides is 1. The fourth-order valence-corrected chi connectivity index (χ4v) is 7.98. The number of carbonyl (C=O) groups excluding carboxylic acids is 1. The smallest absolute Gasteiger partial charge is 0.241 e. The Morgan fingerprint density at radius 3 is 2.45 bits per heavy atom. The first-order valence-electron chi connectivity index (χ1n) is 15.5. The lowest BCUT2D eigenvalue weighted by atomic mass is 9.86. The molecule has 2 atom stereocenters. The molecule has 2 aliphatic carbocycles. The van der Waals surface area contributed by atoms with Crippen molar-refractivity contribution in [1.29, 1.82) is 0 Å². The van der Waals surface area contributed by atoms with Gasteiger partial charge in [0.05, 0.1) is 27.0 Å². The van der Waals surface area contributed by atoms with Gasteiger partial charge in [-0.1, -0.05) is 66.4 Å². The zero-order valence-electron chi connectivity index (χ0n) is 24.8. The third-order valence-electron chi connectivity index (χ3n) is 8.74. The molecule has 2 aliphatic rings. The van der Waals surface area contributed by atoms with Crippen molar-refractivity contribution in [2.45, 2.75) is 81.2 Å². The third kappa shape index (κ3) is 8.82. The highest BCUT2D eigenvalue weighted by molar-refractivity contribution is 7.89. The maximum absolute atomic E-state index is 13.7. The molecule has 0 saturated heterocycles. The van der Waals surface area contributed by atoms with Crippen molar-refractivity contribution in [2.75, 3.05) is 13.1 Å². The number of carbonyl (C=O) groups is 1. The van der Waals surface area contributed by atoms with E-state index in [-0.39, 0.29) is 33.3 Å². The third-order valence-corrected chi connectivity index (χ3v) is 11.0. The van der Waals surface area contributed by atoms with Crippen molar-refractivity contribution >= 4 is 39.1 Å². The largest absolute Gasteiger partial charge is 0.349 e. The molecular formula is C34H40Cl2FN3O3S. The van der Waals surface area contributed by atoms with E-state index in [0.29, 0.717) is 5.56 Å². The molecule has 3 aromatic rings. The van der Waals surface area contributed by atoms with Gasteiger partial charge in [0.15, 0.2) is 0 Å². The van der Waals surface area contributed by atoms with Crippen LogP contribution < -0.4 is 15.4 Å². The van der Waals surface area contributed by atoms with E-state index in [1.54, 1.807) is 0 Å². The van der Waals surface area contributed by atoms with Gasteiger partial charge in [-0.25, -0.2) is 17.5 Å². The van der Waals surface area contributed by atoms with Crippen molar-refractivity contribution in [2.24, 2.45) is 5.92 Å². The second kappa shape index (κ2) is 15.2. The molecule has 0 aliphatic heterocycles. The lowest BCUT2D eigenvalue weighted by molar-refractivity contribution is -0.122. The van der Waals surface area contributed by atoms with Crippen LogP contribution in [0, 0.1) is 11.7 Å². The Hall–Kier alpha value is -2.49. The van der Waals surface area contributed by atoms with Crippen molar-refractivity contribution < 1.29 is 17.6 Å². The molecule has 0 bridgehead atoms. The number of halogens is 3. The van der Waals surface area contributed by atoms with Gasteiger partial charge in [0, 0.05) is 6.42 Å². The summed E-state index contributed by atoms with van der Waals surface area (Å²) in [5.41, 5.74) is 4.15. The molecule has 3 aromatic carbocycles. The molecule has 0 aromatic heterocycles. The molecule has 3 N–H and O–H groups in total. The van der Waals surface area contributed by atoms with Crippen LogP contribution in [0.3, 0.4) is 0 Å². The Labute approximate surface area is 270 Å². The van der Waals surface area contributed by atoms with Gasteiger partial charge in [0.1, 0.15) is 5.82 Å². The minimum atomic E-state index is -4.08. The monoisotopic (exact) mass is 659 g/mol. The Kier molecular flexibility index (Phi) is 11.4. The molecule has 1 fully saturated rings. The van der Waals surface area contributed by atoms with E-state index in [0.717, 1.165) is 56.7 Å². The summed E-state index contributed by atoms with van der Waals surface area (Å²) >= 11 is 12.0. The van der Waals surface area contributed by atoms with E-state index in [1.165, 1.54) is 79.3 Å². The summed E-state index contributed by atoms with van der Waals surface area (Å²) < 4.78 is 42.8. The Morgan fingerprint density at radius 1 is 0.932 bits per heavy atom. The highest BCUT2D eigenvalue weighted by Gasteiger charge is 2.27. The van der Waals surface area contributed by atoms with Crippen LogP contribution in [-0.4, -0.2) is 27.4 Å². The summed E-state index contributed by atoms with van der Waals surface area (Å²) in [7, 11) is -4.08. The Morgan fingerprint density at radius 2 is 1.70 bits per heavy atom. The van der Waals surface area contributed by atoms with Crippen LogP contribution in [0.4, 0.5) is 4.39 Å². The van der Waals surface area contributed by atoms with Gasteiger partial charge < -0.3 is 10.6 Å². The first kappa shape index (κ1) is 32.9. The predicted molar refractivity (Wildman–Crippen MR) is 174 cm³/mol. The Balaban J connectivity index is 1.22. The molecular weight excluding hydrogens is 620 g/mol. The fourth-order valence-electron chi connectivity index (χ4n) is 6.37. The first-order valence-corrected chi connectivity index (χ1v) is 17.8. The van der Waals surface area contributed by atoms with E-state index >= 15 is 0 Å². The minimum Gasteiger partial charge on any atom is -0.349 e. The summed E-state index contributed by atoms with van der Waals surface area (Å²) in [6, 6.07) is 14.9. The number of benzene rings is 3. The van der Waals surface area contributed by atoms with E-state index in [2.05, 4.69) is 33.6 Å². The van der Waals surface area contributed by atoms with Crippen LogP contribution in [0.2, 0.25) is 10.0 Å². The van der Waals surface area contributed by atoms with E-state index in [1.807, 2.05) is 0 Å². The molecule has 1 amide bonds. The molecule has 0 unspecified atom stereocenters. The molecule has 5 rings (SSSR count). The zero-order valence-corrected chi connectivity index (χ0v) is 27.1. The van der Waals surface area contributed by atoms with Gasteiger partial charge in [-0.05, 0) is 117 Å². The van der Waals surface area contributed by atoms with Crippen molar-refractivity contribution in [3.05, 3.63) is 98.8 Å². The van der Waals surface area contributed by atoms with E-state index < -0.39 is 21.9 Å². The summed E-state index contributed by atoms with van der Waals surface area (Å²) in [6.07, 6.45) is 10.1. The second-order valence-electron chi connectivity index (χ2n) is 12.0. The summed E-state index contributed by atoms with van der Waals surface area (Å²) in [6.45, 7) is 2.15. The molecule has 1 saturated carbocycles. The SMILES string of the molecule is O=C(C[C@@H](NS(=O)(=O)c1ccc(Cl)c(Cl)c1)c1ccc(F)cc1)N[C@@H]1CCCc2cc(CCCNCC3CCCC3)ccc21. The van der Waals surface area contributed by atoms with E-state index in [9.17, 15) is 17.6 Å². The summed E-state index contributed by atoms with van der Waals surface area (Å²) in [4.78, 5) is 13.3. The number of nitrogens with one attached hydrogen (secondary N) is 3. The molecule has 236 valence electrons. The summed E-state index contributed by atoms with van der Waals surface area (Å²) in [5.74, 6) is 0.0915. The van der Waals surface area contributed by atoms with E-state index in [4.69, 9.17) is 23.2 Å². The standard InChI is InChI=1S/C34H40Cl2FN3O3S/c35-30-17-15-28(20-31(30)36)44(42,43)40-33(25-11-13-27(37)14-12-25)21-34(41)39-32-9-3-8-26-19-23(10-16-29(26)32)7-4-18-38-22-24-5-1-2-6-24/h10-17,19-20,24,32-33,38,40H,1-9,18,21-22H2,(H,39,41)/t32-,33-/m1/s1. The van der Waals surface area contributed by atoms with Crippen LogP contribution in [-0.2, 0) is 27.7 Å². The lowest BCUT2D eigenvalue weighted by Gasteiger charge is -2.28. The Bertz CT molecular complexity index is 1550. The van der Waals surface area contributed by atoms with Gasteiger partial charge >= 0.3 is 0 Å². The van der Waals surface area contributed by atoms with Crippen molar-refractivity contribution in [3.8, 4) is 0 Å². The fraction of sp³-hybridized carbons (Fsp3) is 0.441. The van der Waals surface area contributed by atoms with Crippen LogP contribution in [0.15, 0.2) is 65.6 Å². The van der Waals surface area contributed by atoms with Crippen LogP contribution in [0.25, 0.3) is 0 Å². The molecule has 0 radical (unpaired) electrons. The maximum atomic E-state index is 13.7. The van der Waals surface area contributed by atoms with Gasteiger partial charge in [-0.3, -0.25) is 4.79 Å². The lowest BCUT2D eigenvalue weighted by Crippen LogP contribution is -2.36. The number of sulfonamides is 1. The normalized spacial score (nSPS) is 17.8. The molecule has 0 spiro atoms. The van der Waals surface area contributed by atoms with Crippen LogP contribution in [0.1, 0.15) is 85.7 Å². The van der Waals surface area contributed by atoms with Gasteiger partial charge in [-0.2, -0.15) is 0 Å². The number of hydrogen-bond donors (Lipinski definition) is 3. The number of hydrogen-bond acceptors (Lipinski definition) is 4. The van der Waals surface area contributed by atoms with Gasteiger partial charge in [0.2, 0.25) is 15.9 Å². The first-order chi connectivity index (χ1) is 21.2. The quantitative estimate of drug-likeness (QED) is 0.166. The number of rotatable bonds is 13. The van der Waals surface area contributed by atoms with Crippen molar-refractivity contribution in [3.63, 3.8) is 0 Å². The van der Waals surface area contributed by atoms with Crippen molar-refractivity contribution in [1.82, 2.24) is 15.4 Å². The highest BCUT2D eigenvalue weighted by atomic mass is 35.5. The predicted octanol–water partition coefficient (Wildman–Crippen LogP) is 7.45. The summed E-state index contributed by atoms with van der Waals surface area (Å²) in [5, 5.41) is 7.09. The van der Waals surface area contributed by atoms with Crippen LogP contribution in [0.5, 0.6) is 0 Å². The second-order valence-corrected chi connectivity index (χ2v) is 14.5. The highest BCUT2D eigenvalue weighted by Crippen LogP contribution is 2.32. The number of fused-ring (bicyclic) bond motifs is 1. The molecule has 10 heteroatoms. The molecule has 0 heterocycles. The maximum Gasteiger partial charge on any atom is 0.241 e. The molecule has 6 nitrogen and oxygen atoms in total. The molecule has 44 heavy (non-hydrogen) atoms. The average molecular weight is 661 g/mol. The number of aryl methyl sites for hydroxylation is 2. The topological polar surface area (TPSA) is 87.3 Å². The zero-order chi connectivity index (χ0) is 31.1.